The van der Waals surface area contributed by atoms with E-state index in [1.54, 1.807) is 0 Å². The molecule has 1 N–H and O–H groups in total. The minimum Gasteiger partial charge on any atom is -0.396 e. The van der Waals surface area contributed by atoms with E-state index in [-0.39, 0.29) is 0 Å². The van der Waals surface area contributed by atoms with Gasteiger partial charge in [-0.25, -0.2) is 0 Å². The molecule has 0 amide bonds. The second-order valence-electron chi connectivity index (χ2n) is 3.05. The number of aliphatic hydroxyl groups excluding tert-OH is 1. The van der Waals surface area contributed by atoms with Crippen molar-refractivity contribution < 1.29 is 5.11 Å². The molecular formula is C7H17OS+. The molecule has 0 aromatic rings. The Hall–Kier alpha value is 0.310. The summed E-state index contributed by atoms with van der Waals surface area (Å²) in [5, 5.41) is 8.66. The monoisotopic (exact) mass is 149 g/mol. The summed E-state index contributed by atoms with van der Waals surface area (Å²) in [4.78, 5) is 0. The highest BCUT2D eigenvalue weighted by Gasteiger charge is 2.29. The van der Waals surface area contributed by atoms with Gasteiger partial charge in [-0.15, -0.1) is 0 Å². The van der Waals surface area contributed by atoms with Crippen LogP contribution in [-0.4, -0.2) is 29.0 Å². The van der Waals surface area contributed by atoms with Gasteiger partial charge in [-0.2, -0.15) is 0 Å². The highest BCUT2D eigenvalue weighted by atomic mass is 32.2. The van der Waals surface area contributed by atoms with E-state index >= 15 is 0 Å². The fourth-order valence-corrected chi connectivity index (χ4v) is 0.973. The Morgan fingerprint density at radius 3 is 1.89 bits per heavy atom. The van der Waals surface area contributed by atoms with Gasteiger partial charge in [-0.1, -0.05) is 0 Å². The minimum absolute atomic E-state index is 0.318. The van der Waals surface area contributed by atoms with Gasteiger partial charge >= 0.3 is 0 Å². The van der Waals surface area contributed by atoms with Gasteiger partial charge in [0.1, 0.15) is 4.75 Å². The molecule has 56 valence electrons. The Balaban J connectivity index is 3.70. The predicted octanol–water partition coefficient (Wildman–Crippen LogP) is 1.03. The zero-order chi connectivity index (χ0) is 7.49. The molecule has 0 aromatic carbocycles. The van der Waals surface area contributed by atoms with E-state index in [9.17, 15) is 0 Å². The van der Waals surface area contributed by atoms with Crippen LogP contribution in [0.2, 0.25) is 0 Å². The maximum absolute atomic E-state index is 8.66. The van der Waals surface area contributed by atoms with Crippen LogP contribution in [0.3, 0.4) is 0 Å². The largest absolute Gasteiger partial charge is 0.396 e. The molecule has 0 radical (unpaired) electrons. The SMILES string of the molecule is C[S+](C)C(C)(C)CCO. The molecular weight excluding hydrogens is 132 g/mol. The zero-order valence-electron chi connectivity index (χ0n) is 6.77. The number of aliphatic hydroxyl groups is 1. The smallest absolute Gasteiger partial charge is 0.124 e. The van der Waals surface area contributed by atoms with Crippen LogP contribution in [0.4, 0.5) is 0 Å². The highest BCUT2D eigenvalue weighted by Crippen LogP contribution is 2.18. The van der Waals surface area contributed by atoms with Gasteiger partial charge in [0, 0.05) is 13.0 Å². The summed E-state index contributed by atoms with van der Waals surface area (Å²) in [7, 11) is 0.414. The van der Waals surface area contributed by atoms with Crippen LogP contribution in [0.5, 0.6) is 0 Å². The molecule has 0 unspecified atom stereocenters. The van der Waals surface area contributed by atoms with Gasteiger partial charge in [0.2, 0.25) is 0 Å². The third-order valence-corrected chi connectivity index (χ3v) is 4.23. The molecule has 9 heavy (non-hydrogen) atoms. The second-order valence-corrected chi connectivity index (χ2v) is 5.79. The Bertz CT molecular complexity index is 79.0. The first kappa shape index (κ1) is 9.31. The van der Waals surface area contributed by atoms with Gasteiger partial charge in [0.15, 0.2) is 0 Å². The average Bonchev–Trinajstić information content (AvgIpc) is 1.65. The van der Waals surface area contributed by atoms with E-state index in [4.69, 9.17) is 5.11 Å². The van der Waals surface area contributed by atoms with E-state index in [1.165, 1.54) is 0 Å². The van der Waals surface area contributed by atoms with Gasteiger partial charge in [0.25, 0.3) is 0 Å². The molecule has 0 rings (SSSR count). The number of rotatable bonds is 3. The van der Waals surface area contributed by atoms with Crippen LogP contribution in [-0.2, 0) is 10.9 Å². The first-order chi connectivity index (χ1) is 4.00. The van der Waals surface area contributed by atoms with Crippen LogP contribution in [0, 0.1) is 0 Å². The fraction of sp³-hybridized carbons (Fsp3) is 1.00. The number of hydrogen-bond donors (Lipinski definition) is 1. The molecule has 1 nitrogen and oxygen atoms in total. The minimum atomic E-state index is 0.318. The Labute approximate surface area is 60.8 Å². The normalized spacial score (nSPS) is 12.7. The third-order valence-electron chi connectivity index (χ3n) is 1.82. The Morgan fingerprint density at radius 2 is 1.78 bits per heavy atom. The molecule has 0 aliphatic heterocycles. The van der Waals surface area contributed by atoms with E-state index in [2.05, 4.69) is 26.4 Å². The van der Waals surface area contributed by atoms with Gasteiger partial charge in [-0.3, -0.25) is 0 Å². The van der Waals surface area contributed by atoms with E-state index in [1.807, 2.05) is 0 Å². The molecule has 0 atom stereocenters. The standard InChI is InChI=1S/C7H17OS/c1-7(2,5-6-8)9(3)4/h8H,5-6H2,1-4H3/q+1. The van der Waals surface area contributed by atoms with Crippen LogP contribution in [0.1, 0.15) is 20.3 Å². The summed E-state index contributed by atoms with van der Waals surface area (Å²) in [6.07, 6.45) is 5.36. The van der Waals surface area contributed by atoms with Gasteiger partial charge < -0.3 is 5.11 Å². The molecule has 0 bridgehead atoms. The third kappa shape index (κ3) is 3.11. The van der Waals surface area contributed by atoms with E-state index in [0.717, 1.165) is 6.42 Å². The summed E-state index contributed by atoms with van der Waals surface area (Å²) < 4.78 is 0.328. The maximum atomic E-state index is 8.66. The van der Waals surface area contributed by atoms with Crippen molar-refractivity contribution in [2.45, 2.75) is 25.0 Å². The van der Waals surface area contributed by atoms with E-state index in [0.29, 0.717) is 22.2 Å². The summed E-state index contributed by atoms with van der Waals surface area (Å²) in [6, 6.07) is 0. The van der Waals surface area contributed by atoms with Crippen molar-refractivity contribution in [3.63, 3.8) is 0 Å². The maximum Gasteiger partial charge on any atom is 0.124 e. The molecule has 0 saturated carbocycles. The van der Waals surface area contributed by atoms with Crippen LogP contribution in [0.15, 0.2) is 0 Å². The lowest BCUT2D eigenvalue weighted by molar-refractivity contribution is 0.275. The molecule has 2 heteroatoms. The first-order valence-corrected chi connectivity index (χ1v) is 5.23. The topological polar surface area (TPSA) is 20.2 Å². The lowest BCUT2D eigenvalue weighted by Crippen LogP contribution is -2.31. The van der Waals surface area contributed by atoms with Crippen molar-refractivity contribution in [1.82, 2.24) is 0 Å². The fourth-order valence-electron chi connectivity index (χ4n) is 0.473. The van der Waals surface area contributed by atoms with Crippen LogP contribution in [0.25, 0.3) is 0 Å². The Morgan fingerprint density at radius 1 is 1.33 bits per heavy atom. The van der Waals surface area contributed by atoms with Gasteiger partial charge in [0.05, 0.1) is 12.5 Å². The van der Waals surface area contributed by atoms with Crippen molar-refractivity contribution in [1.29, 1.82) is 0 Å². The highest BCUT2D eigenvalue weighted by molar-refractivity contribution is 7.96. The summed E-state index contributed by atoms with van der Waals surface area (Å²) >= 11 is 0. The average molecular weight is 149 g/mol. The summed E-state index contributed by atoms with van der Waals surface area (Å²) in [5.41, 5.74) is 0. The van der Waals surface area contributed by atoms with Crippen molar-refractivity contribution in [3.8, 4) is 0 Å². The Kier molecular flexibility index (Phi) is 3.59. The second kappa shape index (κ2) is 3.47. The molecule has 0 heterocycles. The van der Waals surface area contributed by atoms with Crippen molar-refractivity contribution >= 4 is 10.9 Å². The zero-order valence-corrected chi connectivity index (χ0v) is 7.59. The van der Waals surface area contributed by atoms with Crippen molar-refractivity contribution in [3.05, 3.63) is 0 Å². The van der Waals surface area contributed by atoms with Crippen molar-refractivity contribution in [2.24, 2.45) is 0 Å². The quantitative estimate of drug-likeness (QED) is 0.594. The lowest BCUT2D eigenvalue weighted by Gasteiger charge is -2.19. The molecule has 0 spiro atoms. The van der Waals surface area contributed by atoms with Gasteiger partial charge in [-0.05, 0) is 24.7 Å². The molecule has 0 fully saturated rings. The molecule has 0 aliphatic carbocycles. The summed E-state index contributed by atoms with van der Waals surface area (Å²) in [6.45, 7) is 4.72. The molecule has 0 aromatic heterocycles. The first-order valence-electron chi connectivity index (χ1n) is 3.19. The van der Waals surface area contributed by atoms with E-state index < -0.39 is 0 Å². The predicted molar refractivity (Wildman–Crippen MR) is 45.0 cm³/mol. The van der Waals surface area contributed by atoms with Crippen molar-refractivity contribution in [2.75, 3.05) is 19.1 Å². The molecule has 0 aliphatic rings. The summed E-state index contributed by atoms with van der Waals surface area (Å²) in [5.74, 6) is 0. The number of hydrogen-bond acceptors (Lipinski definition) is 1. The van der Waals surface area contributed by atoms with Crippen LogP contribution >= 0.6 is 0 Å². The van der Waals surface area contributed by atoms with Crippen LogP contribution < -0.4 is 0 Å². The lowest BCUT2D eigenvalue weighted by atomic mass is 10.1. The molecule has 0 saturated heterocycles.